The van der Waals surface area contributed by atoms with E-state index in [1.54, 1.807) is 18.2 Å². The van der Waals surface area contributed by atoms with E-state index in [0.717, 1.165) is 44.0 Å². The molecule has 2 aromatic carbocycles. The number of piperazine rings is 1. The summed E-state index contributed by atoms with van der Waals surface area (Å²) >= 11 is 8.53. The number of phenols is 1. The van der Waals surface area contributed by atoms with Crippen LogP contribution in [0.25, 0.3) is 0 Å². The summed E-state index contributed by atoms with van der Waals surface area (Å²) in [5.74, 6) is 1.68. The molecule has 2 N–H and O–H groups in total. The Morgan fingerprint density at radius 3 is 2.21 bits per heavy atom. The molecular weight excluding hydrogens is 413 g/mol. The highest BCUT2D eigenvalue weighted by atomic mass is 35.6. The molecule has 1 aliphatic heterocycles. The van der Waals surface area contributed by atoms with Gasteiger partial charge in [-0.25, -0.2) is 0 Å². The predicted octanol–water partition coefficient (Wildman–Crippen LogP) is 4.34. The summed E-state index contributed by atoms with van der Waals surface area (Å²) < 4.78 is 9.20. The van der Waals surface area contributed by atoms with Crippen molar-refractivity contribution in [1.82, 2.24) is 9.80 Å². The van der Waals surface area contributed by atoms with Gasteiger partial charge in [0.1, 0.15) is 23.9 Å². The molecule has 0 spiro atoms. The molecule has 158 valence electrons. The van der Waals surface area contributed by atoms with Crippen LogP contribution in [0.15, 0.2) is 42.5 Å². The van der Waals surface area contributed by atoms with Gasteiger partial charge in [0.25, 0.3) is 0 Å². The fourth-order valence-electron chi connectivity index (χ4n) is 3.33. The molecular formula is C21H27Cl2N3O3. The summed E-state index contributed by atoms with van der Waals surface area (Å²) in [7, 11) is 0. The van der Waals surface area contributed by atoms with Gasteiger partial charge in [0, 0.05) is 38.3 Å². The predicted molar refractivity (Wildman–Crippen MR) is 117 cm³/mol. The highest BCUT2D eigenvalue weighted by molar-refractivity contribution is 6.24. The summed E-state index contributed by atoms with van der Waals surface area (Å²) in [6.07, 6.45) is 0. The van der Waals surface area contributed by atoms with Crippen LogP contribution in [-0.2, 0) is 3.84 Å². The number of ether oxygens (including phenoxy) is 1. The van der Waals surface area contributed by atoms with E-state index >= 15 is 0 Å². The van der Waals surface area contributed by atoms with Crippen molar-refractivity contribution < 1.29 is 13.7 Å². The van der Waals surface area contributed by atoms with Gasteiger partial charge >= 0.3 is 0 Å². The Morgan fingerprint density at radius 2 is 1.62 bits per heavy atom. The van der Waals surface area contributed by atoms with E-state index in [9.17, 15) is 5.11 Å². The third kappa shape index (κ3) is 7.08. The van der Waals surface area contributed by atoms with Crippen LogP contribution in [0.3, 0.4) is 0 Å². The summed E-state index contributed by atoms with van der Waals surface area (Å²) in [5.41, 5.74) is 3.11. The fraction of sp³-hybridized carbons (Fsp3) is 0.381. The number of aryl methyl sites for hydroxylation is 2. The van der Waals surface area contributed by atoms with Gasteiger partial charge in [-0.15, -0.1) is 0 Å². The van der Waals surface area contributed by atoms with Gasteiger partial charge < -0.3 is 14.7 Å². The smallest absolute Gasteiger partial charge is 0.128 e. The first-order valence-corrected chi connectivity index (χ1v) is 10.0. The molecule has 8 heteroatoms. The first kappa shape index (κ1) is 23.3. The van der Waals surface area contributed by atoms with Crippen LogP contribution < -0.4 is 4.74 Å². The number of phenolic OH excluding ortho intramolecular Hbond substituents is 1. The molecule has 3 rings (SSSR count). The van der Waals surface area contributed by atoms with Crippen molar-refractivity contribution in [3.8, 4) is 11.5 Å². The van der Waals surface area contributed by atoms with Gasteiger partial charge in [-0.1, -0.05) is 30.3 Å². The monoisotopic (exact) mass is 439 g/mol. The minimum Gasteiger partial charge on any atom is -0.508 e. The molecule has 0 atom stereocenters. The zero-order valence-corrected chi connectivity index (χ0v) is 18.2. The number of hydrogen-bond donors (Lipinski definition) is 2. The van der Waals surface area contributed by atoms with Crippen LogP contribution >= 0.6 is 23.7 Å². The highest BCUT2D eigenvalue weighted by Gasteiger charge is 2.20. The van der Waals surface area contributed by atoms with Gasteiger partial charge in [-0.05, 0) is 37.1 Å². The first-order valence-electron chi connectivity index (χ1n) is 9.40. The van der Waals surface area contributed by atoms with Crippen molar-refractivity contribution in [1.29, 1.82) is 5.41 Å². The van der Waals surface area contributed by atoms with Gasteiger partial charge in [0.2, 0.25) is 0 Å². The van der Waals surface area contributed by atoms with E-state index in [2.05, 4.69) is 69.4 Å². The van der Waals surface area contributed by atoms with Gasteiger partial charge in [-0.2, -0.15) is 3.84 Å². The minimum absolute atomic E-state index is 0.203. The van der Waals surface area contributed by atoms with Crippen LogP contribution in [0.1, 0.15) is 16.7 Å². The first-order chi connectivity index (χ1) is 14.0. The molecule has 1 heterocycles. The maximum Gasteiger partial charge on any atom is 0.128 e. The lowest BCUT2D eigenvalue weighted by Gasteiger charge is -2.36. The fourth-order valence-corrected chi connectivity index (χ4v) is 3.33. The summed E-state index contributed by atoms with van der Waals surface area (Å²) in [5, 5.41) is 18.0. The number of amidine groups is 1. The van der Waals surface area contributed by atoms with Gasteiger partial charge in [-0.3, -0.25) is 10.3 Å². The number of aromatic hydroxyl groups is 1. The molecule has 0 bridgehead atoms. The van der Waals surface area contributed by atoms with Crippen molar-refractivity contribution in [3.63, 3.8) is 0 Å². The quantitative estimate of drug-likeness (QED) is 0.535. The number of nitrogens with zero attached hydrogens (tertiary/aromatic N) is 2. The van der Waals surface area contributed by atoms with Crippen molar-refractivity contribution in [2.24, 2.45) is 0 Å². The van der Waals surface area contributed by atoms with E-state index in [-0.39, 0.29) is 5.75 Å². The van der Waals surface area contributed by atoms with E-state index < -0.39 is 0 Å². The number of hydrogen-bond acceptors (Lipinski definition) is 5. The highest BCUT2D eigenvalue weighted by Crippen LogP contribution is 2.22. The third-order valence-electron chi connectivity index (χ3n) is 4.87. The molecule has 0 radical (unpaired) electrons. The number of rotatable bonds is 5. The van der Waals surface area contributed by atoms with Crippen molar-refractivity contribution in [2.75, 3.05) is 39.3 Å². The second-order valence-corrected chi connectivity index (χ2v) is 7.32. The Morgan fingerprint density at radius 1 is 1.03 bits per heavy atom. The molecule has 29 heavy (non-hydrogen) atoms. The number of nitrogens with one attached hydrogen (secondary N) is 1. The largest absolute Gasteiger partial charge is 0.508 e. The van der Waals surface area contributed by atoms with Crippen molar-refractivity contribution in [3.05, 3.63) is 59.2 Å². The molecule has 0 aliphatic carbocycles. The molecule has 1 aliphatic rings. The number of benzene rings is 2. The lowest BCUT2D eigenvalue weighted by Crippen LogP contribution is -2.49. The van der Waals surface area contributed by atoms with Crippen LogP contribution in [0.4, 0.5) is 0 Å². The standard InChI is InChI=1S/C21H27N3O2.Cl2O/c1-16-5-3-6-17(2)20(16)26-14-13-23-9-11-24(12-10-23)21(22)18-7-4-8-19(25)15-18;1-3-2/h3-8,15,22,25H,9-14H2,1-2H3;. The minimum atomic E-state index is 0.203. The average Bonchev–Trinajstić information content (AvgIpc) is 2.71. The Balaban J connectivity index is 0.000000941. The Bertz CT molecular complexity index is 776. The molecule has 0 unspecified atom stereocenters. The average molecular weight is 440 g/mol. The van der Waals surface area contributed by atoms with E-state index in [0.29, 0.717) is 12.4 Å². The Kier molecular flexibility index (Phi) is 9.54. The van der Waals surface area contributed by atoms with E-state index in [1.807, 2.05) is 6.07 Å². The van der Waals surface area contributed by atoms with Crippen LogP contribution in [0, 0.1) is 19.3 Å². The number of halogens is 2. The van der Waals surface area contributed by atoms with Crippen LogP contribution in [-0.4, -0.2) is 60.1 Å². The normalized spacial score (nSPS) is 14.1. The Hall–Kier alpha value is -1.99. The zero-order valence-electron chi connectivity index (χ0n) is 16.7. The van der Waals surface area contributed by atoms with Gasteiger partial charge in [0.15, 0.2) is 0 Å². The van der Waals surface area contributed by atoms with Gasteiger partial charge in [0.05, 0.1) is 23.7 Å². The molecule has 0 saturated carbocycles. The Labute approximate surface area is 182 Å². The lowest BCUT2D eigenvalue weighted by molar-refractivity contribution is 0.153. The van der Waals surface area contributed by atoms with Crippen LogP contribution in [0.5, 0.6) is 11.5 Å². The lowest BCUT2D eigenvalue weighted by atomic mass is 10.1. The second-order valence-electron chi connectivity index (χ2n) is 6.86. The summed E-state index contributed by atoms with van der Waals surface area (Å²) in [4.78, 5) is 4.44. The van der Waals surface area contributed by atoms with Crippen LogP contribution in [0.2, 0.25) is 0 Å². The molecule has 6 nitrogen and oxygen atoms in total. The summed E-state index contributed by atoms with van der Waals surface area (Å²) in [6, 6.07) is 13.1. The molecule has 2 aromatic rings. The molecule has 1 saturated heterocycles. The van der Waals surface area contributed by atoms with Crippen molar-refractivity contribution in [2.45, 2.75) is 13.8 Å². The second kappa shape index (κ2) is 11.9. The molecule has 1 fully saturated rings. The molecule has 0 amide bonds. The van der Waals surface area contributed by atoms with Crippen molar-refractivity contribution >= 4 is 29.6 Å². The summed E-state index contributed by atoms with van der Waals surface area (Å²) in [6.45, 7) is 9.18. The maximum atomic E-state index is 9.60. The van der Waals surface area contributed by atoms with E-state index in [1.165, 1.54) is 11.1 Å². The van der Waals surface area contributed by atoms with E-state index in [4.69, 9.17) is 10.1 Å². The molecule has 0 aromatic heterocycles. The SMILES string of the molecule is Cc1cccc(C)c1OCCN1CCN(C(=N)c2cccc(O)c2)CC1.ClOCl. The third-order valence-corrected chi connectivity index (χ3v) is 4.87. The maximum absolute atomic E-state index is 9.60. The number of para-hydroxylation sites is 1. The topological polar surface area (TPSA) is 69.0 Å². The zero-order chi connectivity index (χ0) is 21.2.